The van der Waals surface area contributed by atoms with Gasteiger partial charge in [0.25, 0.3) is 0 Å². The van der Waals surface area contributed by atoms with E-state index < -0.39 is 0 Å². The fraction of sp³-hybridized carbons (Fsp3) is 1.00. The molecular weight excluding hydrogens is 148 g/mol. The number of nitrogens with two attached hydrogens (primary N) is 1. The molecule has 0 saturated carbocycles. The third-order valence-corrected chi connectivity index (χ3v) is 2.18. The van der Waals surface area contributed by atoms with Gasteiger partial charge in [-0.2, -0.15) is 0 Å². The average molecular weight is 172 g/mol. The lowest BCUT2D eigenvalue weighted by atomic mass is 9.95. The molecule has 0 aliphatic carbocycles. The monoisotopic (exact) mass is 172 g/mol. The summed E-state index contributed by atoms with van der Waals surface area (Å²) in [5, 5.41) is 0. The molecule has 0 bridgehead atoms. The van der Waals surface area contributed by atoms with Crippen LogP contribution in [0.4, 0.5) is 0 Å². The van der Waals surface area contributed by atoms with Gasteiger partial charge in [0, 0.05) is 18.6 Å². The van der Waals surface area contributed by atoms with Gasteiger partial charge in [0.05, 0.1) is 0 Å². The highest BCUT2D eigenvalue weighted by Gasteiger charge is 2.19. The summed E-state index contributed by atoms with van der Waals surface area (Å²) in [6.45, 7) is 12.1. The molecule has 0 rings (SSSR count). The molecule has 0 amide bonds. The van der Waals surface area contributed by atoms with E-state index in [9.17, 15) is 0 Å². The molecule has 0 spiro atoms. The van der Waals surface area contributed by atoms with Crippen molar-refractivity contribution in [2.45, 2.75) is 46.7 Å². The largest absolute Gasteiger partial charge is 0.327 e. The number of hydrogen-bond acceptors (Lipinski definition) is 2. The molecule has 0 fully saturated rings. The van der Waals surface area contributed by atoms with E-state index in [0.717, 1.165) is 6.54 Å². The Morgan fingerprint density at radius 1 is 1.25 bits per heavy atom. The molecule has 0 aromatic carbocycles. The highest BCUT2D eigenvalue weighted by atomic mass is 15.1. The number of hydrogen-bond donors (Lipinski definition) is 1. The van der Waals surface area contributed by atoms with Crippen LogP contribution in [0.2, 0.25) is 0 Å². The summed E-state index contributed by atoms with van der Waals surface area (Å²) in [6, 6.07) is 0.710. The fourth-order valence-corrected chi connectivity index (χ4v) is 1.29. The van der Waals surface area contributed by atoms with Crippen LogP contribution >= 0.6 is 0 Å². The van der Waals surface area contributed by atoms with E-state index in [1.165, 1.54) is 0 Å². The molecule has 0 aromatic rings. The van der Waals surface area contributed by atoms with E-state index in [1.807, 2.05) is 0 Å². The van der Waals surface area contributed by atoms with Gasteiger partial charge in [-0.15, -0.1) is 0 Å². The van der Waals surface area contributed by atoms with Crippen LogP contribution < -0.4 is 5.73 Å². The lowest BCUT2D eigenvalue weighted by Crippen LogP contribution is -2.45. The van der Waals surface area contributed by atoms with Crippen LogP contribution in [0.15, 0.2) is 0 Å². The van der Waals surface area contributed by atoms with Crippen LogP contribution in [-0.2, 0) is 0 Å². The van der Waals surface area contributed by atoms with Gasteiger partial charge in [-0.25, -0.2) is 0 Å². The predicted octanol–water partition coefficient (Wildman–Crippen LogP) is 1.70. The van der Waals surface area contributed by atoms with Gasteiger partial charge >= 0.3 is 0 Å². The summed E-state index contributed by atoms with van der Waals surface area (Å²) in [4.78, 5) is 2.32. The van der Waals surface area contributed by atoms with E-state index in [-0.39, 0.29) is 6.04 Å². The number of rotatable bonds is 3. The molecule has 12 heavy (non-hydrogen) atoms. The SMILES string of the molecule is CC(N)C(C)N(C)CC(C)(C)C. The van der Waals surface area contributed by atoms with Crippen molar-refractivity contribution < 1.29 is 0 Å². The summed E-state index contributed by atoms with van der Waals surface area (Å²) in [7, 11) is 2.14. The predicted molar refractivity (Wildman–Crippen MR) is 55.2 cm³/mol. The summed E-state index contributed by atoms with van der Waals surface area (Å²) < 4.78 is 0. The van der Waals surface area contributed by atoms with Gasteiger partial charge in [0.15, 0.2) is 0 Å². The second-order valence-electron chi connectivity index (χ2n) is 5.08. The Morgan fingerprint density at radius 2 is 1.67 bits per heavy atom. The van der Waals surface area contributed by atoms with Crippen molar-refractivity contribution in [3.8, 4) is 0 Å². The molecule has 2 atom stereocenters. The highest BCUT2D eigenvalue weighted by molar-refractivity contribution is 4.76. The van der Waals surface area contributed by atoms with E-state index in [0.29, 0.717) is 11.5 Å². The first-order valence-corrected chi connectivity index (χ1v) is 4.70. The fourth-order valence-electron chi connectivity index (χ4n) is 1.29. The van der Waals surface area contributed by atoms with Crippen molar-refractivity contribution in [1.82, 2.24) is 4.90 Å². The standard InChI is InChI=1S/C10H24N2/c1-8(11)9(2)12(6)7-10(3,4)5/h8-9H,7,11H2,1-6H3. The average Bonchev–Trinajstić information content (AvgIpc) is 1.82. The first kappa shape index (κ1) is 11.9. The summed E-state index contributed by atoms with van der Waals surface area (Å²) in [5.41, 5.74) is 6.17. The molecule has 74 valence electrons. The van der Waals surface area contributed by atoms with Gasteiger partial charge < -0.3 is 10.6 Å². The van der Waals surface area contributed by atoms with Gasteiger partial charge in [-0.05, 0) is 26.3 Å². The Hall–Kier alpha value is -0.0800. The third kappa shape index (κ3) is 4.73. The topological polar surface area (TPSA) is 29.3 Å². The Bertz CT molecular complexity index is 124. The minimum atomic E-state index is 0.248. The second kappa shape index (κ2) is 4.24. The number of nitrogens with zero attached hydrogens (tertiary/aromatic N) is 1. The van der Waals surface area contributed by atoms with Crippen molar-refractivity contribution in [3.63, 3.8) is 0 Å². The zero-order valence-electron chi connectivity index (χ0n) is 9.39. The first-order chi connectivity index (χ1) is 5.24. The van der Waals surface area contributed by atoms with Crippen molar-refractivity contribution in [1.29, 1.82) is 0 Å². The molecular formula is C10H24N2. The van der Waals surface area contributed by atoms with Crippen LogP contribution in [0, 0.1) is 5.41 Å². The van der Waals surface area contributed by atoms with E-state index in [1.54, 1.807) is 0 Å². The number of likely N-dealkylation sites (N-methyl/N-ethyl adjacent to an activating group) is 1. The zero-order chi connectivity index (χ0) is 9.94. The first-order valence-electron chi connectivity index (χ1n) is 4.70. The molecule has 0 radical (unpaired) electrons. The van der Waals surface area contributed by atoms with E-state index in [4.69, 9.17) is 5.73 Å². The maximum absolute atomic E-state index is 5.81. The van der Waals surface area contributed by atoms with Crippen molar-refractivity contribution in [2.75, 3.05) is 13.6 Å². The molecule has 2 N–H and O–H groups in total. The Kier molecular flexibility index (Phi) is 4.21. The minimum Gasteiger partial charge on any atom is -0.327 e. The van der Waals surface area contributed by atoms with Crippen LogP contribution in [0.3, 0.4) is 0 Å². The van der Waals surface area contributed by atoms with Crippen molar-refractivity contribution >= 4 is 0 Å². The minimum absolute atomic E-state index is 0.248. The molecule has 0 heterocycles. The zero-order valence-corrected chi connectivity index (χ0v) is 9.39. The van der Waals surface area contributed by atoms with Gasteiger partial charge in [0.1, 0.15) is 0 Å². The quantitative estimate of drug-likeness (QED) is 0.702. The molecule has 2 heteroatoms. The molecule has 2 unspecified atom stereocenters. The summed E-state index contributed by atoms with van der Waals surface area (Å²) in [6.07, 6.45) is 0. The molecule has 2 nitrogen and oxygen atoms in total. The van der Waals surface area contributed by atoms with Crippen LogP contribution in [0.25, 0.3) is 0 Å². The highest BCUT2D eigenvalue weighted by Crippen LogP contribution is 2.16. The Balaban J connectivity index is 3.95. The van der Waals surface area contributed by atoms with E-state index in [2.05, 4.69) is 46.6 Å². The van der Waals surface area contributed by atoms with Gasteiger partial charge in [-0.3, -0.25) is 0 Å². The van der Waals surface area contributed by atoms with Crippen LogP contribution in [0.1, 0.15) is 34.6 Å². The van der Waals surface area contributed by atoms with Crippen LogP contribution in [-0.4, -0.2) is 30.6 Å². The smallest absolute Gasteiger partial charge is 0.0213 e. The second-order valence-corrected chi connectivity index (χ2v) is 5.08. The van der Waals surface area contributed by atoms with Gasteiger partial charge in [-0.1, -0.05) is 20.8 Å². The summed E-state index contributed by atoms with van der Waals surface area (Å²) >= 11 is 0. The molecule has 0 aliphatic rings. The molecule has 0 aromatic heterocycles. The lowest BCUT2D eigenvalue weighted by molar-refractivity contribution is 0.167. The Morgan fingerprint density at radius 3 is 1.92 bits per heavy atom. The maximum Gasteiger partial charge on any atom is 0.0213 e. The van der Waals surface area contributed by atoms with Gasteiger partial charge in [0.2, 0.25) is 0 Å². The molecule has 0 aliphatic heterocycles. The van der Waals surface area contributed by atoms with Crippen molar-refractivity contribution in [3.05, 3.63) is 0 Å². The van der Waals surface area contributed by atoms with Crippen LogP contribution in [0.5, 0.6) is 0 Å². The lowest BCUT2D eigenvalue weighted by Gasteiger charge is -2.33. The maximum atomic E-state index is 5.81. The Labute approximate surface area is 77.1 Å². The summed E-state index contributed by atoms with van der Waals surface area (Å²) in [5.74, 6) is 0. The third-order valence-electron chi connectivity index (χ3n) is 2.18. The molecule has 0 saturated heterocycles. The van der Waals surface area contributed by atoms with E-state index >= 15 is 0 Å². The van der Waals surface area contributed by atoms with Crippen molar-refractivity contribution in [2.24, 2.45) is 11.1 Å². The normalized spacial score (nSPS) is 18.0.